The lowest BCUT2D eigenvalue weighted by molar-refractivity contribution is -0.134. The van der Waals surface area contributed by atoms with Gasteiger partial charge in [0.2, 0.25) is 21.8 Å². The molecule has 2 aromatic carbocycles. The molecule has 0 aromatic heterocycles. The first-order chi connectivity index (χ1) is 18.4. The molecule has 0 spiro atoms. The molecule has 0 saturated carbocycles. The van der Waals surface area contributed by atoms with Gasteiger partial charge in [-0.25, -0.2) is 13.2 Å². The quantitative estimate of drug-likeness (QED) is 0.576. The number of imide groups is 1. The lowest BCUT2D eigenvalue weighted by atomic mass is 9.89. The molecule has 2 aromatic rings. The highest BCUT2D eigenvalue weighted by Crippen LogP contribution is 2.33. The normalized spacial score (nSPS) is 20.3. The van der Waals surface area contributed by atoms with E-state index in [9.17, 15) is 22.8 Å². The van der Waals surface area contributed by atoms with Crippen LogP contribution in [0.15, 0.2) is 53.4 Å². The van der Waals surface area contributed by atoms with Crippen molar-refractivity contribution in [2.24, 2.45) is 0 Å². The van der Waals surface area contributed by atoms with Crippen molar-refractivity contribution < 1.29 is 27.5 Å². The van der Waals surface area contributed by atoms with Gasteiger partial charge in [-0.2, -0.15) is 4.31 Å². The summed E-state index contributed by atoms with van der Waals surface area (Å²) in [5.41, 5.74) is 4.03. The highest BCUT2D eigenvalue weighted by Gasteiger charge is 2.33. The molecule has 9 nitrogen and oxygen atoms in total. The van der Waals surface area contributed by atoms with E-state index in [1.54, 1.807) is 17.0 Å². The molecule has 3 heterocycles. The number of fused-ring (bicyclic) bond motifs is 1. The van der Waals surface area contributed by atoms with Crippen molar-refractivity contribution >= 4 is 33.5 Å². The van der Waals surface area contributed by atoms with Gasteiger partial charge in [0.25, 0.3) is 0 Å². The number of carbonyl (C=O) groups is 3. The standard InChI is InChI=1S/C29H33N3O6S/c1-29(2,3)38-28(35)31-14-12-20(13-15-31)19-6-8-24(9-7-19)39(36,37)32-17-22-5-4-21(16-23(22)18-32)25-10-11-26(33)30-27(25)34/h4-9,12,16,25H,10-11,13-15,17-18H2,1-3H3,(H,30,33,34). The second-order valence-electron chi connectivity index (χ2n) is 11.2. The van der Waals surface area contributed by atoms with Gasteiger partial charge in [0.1, 0.15) is 5.60 Å². The van der Waals surface area contributed by atoms with E-state index >= 15 is 0 Å². The third kappa shape index (κ3) is 5.77. The Balaban J connectivity index is 1.25. The topological polar surface area (TPSA) is 113 Å². The number of hydrogen-bond acceptors (Lipinski definition) is 6. The van der Waals surface area contributed by atoms with Crippen LogP contribution in [0.1, 0.15) is 68.2 Å². The number of nitrogens with one attached hydrogen (secondary N) is 1. The summed E-state index contributed by atoms with van der Waals surface area (Å²) in [4.78, 5) is 38.0. The number of hydrogen-bond donors (Lipinski definition) is 1. The molecule has 3 amide bonds. The Hall–Kier alpha value is -3.50. The smallest absolute Gasteiger partial charge is 0.410 e. The molecule has 3 aliphatic heterocycles. The predicted molar refractivity (Wildman–Crippen MR) is 145 cm³/mol. The Bertz CT molecular complexity index is 1460. The summed E-state index contributed by atoms with van der Waals surface area (Å²) in [6.07, 6.45) is 3.04. The van der Waals surface area contributed by atoms with Crippen molar-refractivity contribution in [3.05, 3.63) is 70.8 Å². The maximum absolute atomic E-state index is 13.4. The van der Waals surface area contributed by atoms with Crippen LogP contribution in [0, 0.1) is 0 Å². The molecule has 1 atom stereocenters. The molecule has 0 radical (unpaired) electrons. The van der Waals surface area contributed by atoms with Crippen LogP contribution in [-0.2, 0) is 37.4 Å². The zero-order valence-electron chi connectivity index (χ0n) is 22.4. The second kappa shape index (κ2) is 10.2. The number of benzene rings is 2. The predicted octanol–water partition coefficient (Wildman–Crippen LogP) is 3.94. The monoisotopic (exact) mass is 551 g/mol. The van der Waals surface area contributed by atoms with Gasteiger partial charge in [-0.15, -0.1) is 0 Å². The van der Waals surface area contributed by atoms with Crippen LogP contribution in [0.25, 0.3) is 5.57 Å². The maximum Gasteiger partial charge on any atom is 0.410 e. The minimum absolute atomic E-state index is 0.219. The highest BCUT2D eigenvalue weighted by atomic mass is 32.2. The van der Waals surface area contributed by atoms with Gasteiger partial charge in [0.05, 0.1) is 10.8 Å². The van der Waals surface area contributed by atoms with Gasteiger partial charge in [-0.3, -0.25) is 14.9 Å². The molecule has 0 bridgehead atoms. The van der Waals surface area contributed by atoms with Crippen molar-refractivity contribution in [3.63, 3.8) is 0 Å². The number of carbonyl (C=O) groups excluding carboxylic acids is 3. The zero-order chi connectivity index (χ0) is 27.9. The molecule has 10 heteroatoms. The van der Waals surface area contributed by atoms with E-state index in [1.165, 1.54) is 4.31 Å². The van der Waals surface area contributed by atoms with Crippen LogP contribution in [-0.4, -0.2) is 54.2 Å². The van der Waals surface area contributed by atoms with Crippen molar-refractivity contribution in [2.75, 3.05) is 13.1 Å². The van der Waals surface area contributed by atoms with Crippen molar-refractivity contribution in [1.29, 1.82) is 0 Å². The van der Waals surface area contributed by atoms with Gasteiger partial charge in [0, 0.05) is 32.6 Å². The molecule has 39 heavy (non-hydrogen) atoms. The van der Waals surface area contributed by atoms with E-state index < -0.39 is 21.5 Å². The van der Waals surface area contributed by atoms with Crippen molar-refractivity contribution in [1.82, 2.24) is 14.5 Å². The van der Waals surface area contributed by atoms with Crippen LogP contribution in [0.2, 0.25) is 0 Å². The van der Waals surface area contributed by atoms with Crippen LogP contribution in [0.3, 0.4) is 0 Å². The van der Waals surface area contributed by atoms with Crippen LogP contribution >= 0.6 is 0 Å². The summed E-state index contributed by atoms with van der Waals surface area (Å²) < 4.78 is 33.8. The fourth-order valence-corrected chi connectivity index (χ4v) is 6.59. The average molecular weight is 552 g/mol. The number of ether oxygens (including phenoxy) is 1. The Morgan fingerprint density at radius 1 is 1.00 bits per heavy atom. The first-order valence-electron chi connectivity index (χ1n) is 13.1. The number of rotatable bonds is 4. The molecule has 206 valence electrons. The molecule has 0 aliphatic carbocycles. The summed E-state index contributed by atoms with van der Waals surface area (Å²) in [5.74, 6) is -0.973. The summed E-state index contributed by atoms with van der Waals surface area (Å²) in [6, 6.07) is 12.5. The van der Waals surface area contributed by atoms with E-state index in [1.807, 2.05) is 57.2 Å². The van der Waals surface area contributed by atoms with Crippen molar-refractivity contribution in [3.8, 4) is 0 Å². The number of amides is 3. The third-order valence-corrected chi connectivity index (χ3v) is 9.09. The van der Waals surface area contributed by atoms with E-state index in [4.69, 9.17) is 4.74 Å². The second-order valence-corrected chi connectivity index (χ2v) is 13.2. The number of piperidine rings is 1. The highest BCUT2D eigenvalue weighted by molar-refractivity contribution is 7.89. The van der Waals surface area contributed by atoms with E-state index in [2.05, 4.69) is 5.32 Å². The van der Waals surface area contributed by atoms with Crippen LogP contribution < -0.4 is 5.32 Å². The zero-order valence-corrected chi connectivity index (χ0v) is 23.2. The molecule has 1 unspecified atom stereocenters. The SMILES string of the molecule is CC(C)(C)OC(=O)N1CC=C(c2ccc(S(=O)(=O)N3Cc4ccc(C5CCC(=O)NC5=O)cc4C3)cc2)CC1. The lowest BCUT2D eigenvalue weighted by Crippen LogP contribution is -2.39. The molecule has 1 N–H and O–H groups in total. The first-order valence-corrected chi connectivity index (χ1v) is 14.6. The molecule has 5 rings (SSSR count). The van der Waals surface area contributed by atoms with E-state index in [0.717, 1.165) is 27.8 Å². The van der Waals surface area contributed by atoms with Gasteiger partial charge < -0.3 is 9.64 Å². The fraction of sp³-hybridized carbons (Fsp3) is 0.414. The van der Waals surface area contributed by atoms with E-state index in [0.29, 0.717) is 32.4 Å². The Kier molecular flexibility index (Phi) is 7.11. The number of nitrogens with zero attached hydrogens (tertiary/aromatic N) is 2. The minimum atomic E-state index is -3.73. The summed E-state index contributed by atoms with van der Waals surface area (Å²) in [6.45, 7) is 6.99. The molecule has 1 saturated heterocycles. The van der Waals surface area contributed by atoms with Gasteiger partial charge >= 0.3 is 6.09 Å². The molecule has 1 fully saturated rings. The minimum Gasteiger partial charge on any atom is -0.444 e. The molecular weight excluding hydrogens is 518 g/mol. The van der Waals surface area contributed by atoms with Gasteiger partial charge in [-0.05, 0) is 73.6 Å². The van der Waals surface area contributed by atoms with Gasteiger partial charge in [-0.1, -0.05) is 36.4 Å². The largest absolute Gasteiger partial charge is 0.444 e. The maximum atomic E-state index is 13.4. The van der Waals surface area contributed by atoms with Crippen molar-refractivity contribution in [2.45, 2.75) is 69.5 Å². The fourth-order valence-electron chi connectivity index (χ4n) is 5.20. The Labute approximate surface area is 228 Å². The van der Waals surface area contributed by atoms with Crippen LogP contribution in [0.4, 0.5) is 4.79 Å². The third-order valence-electron chi connectivity index (χ3n) is 7.29. The Morgan fingerprint density at radius 2 is 1.72 bits per heavy atom. The molecular formula is C29H33N3O6S. The number of sulfonamides is 1. The Morgan fingerprint density at radius 3 is 2.36 bits per heavy atom. The first kappa shape index (κ1) is 27.1. The van der Waals surface area contributed by atoms with Gasteiger partial charge in [0.15, 0.2) is 0 Å². The average Bonchev–Trinajstić information content (AvgIpc) is 3.32. The summed E-state index contributed by atoms with van der Waals surface area (Å²) in [7, 11) is -3.73. The van der Waals surface area contributed by atoms with Crippen LogP contribution in [0.5, 0.6) is 0 Å². The summed E-state index contributed by atoms with van der Waals surface area (Å²) >= 11 is 0. The van der Waals surface area contributed by atoms with E-state index in [-0.39, 0.29) is 35.9 Å². The molecule has 3 aliphatic rings. The summed E-state index contributed by atoms with van der Waals surface area (Å²) in [5, 5.41) is 2.38. The lowest BCUT2D eigenvalue weighted by Gasteiger charge is -2.29.